The van der Waals surface area contributed by atoms with Crippen LogP contribution in [0.4, 0.5) is 0 Å². The van der Waals surface area contributed by atoms with Crippen molar-refractivity contribution in [3.8, 4) is 55.9 Å². The maximum atomic E-state index is 5.41. The van der Waals surface area contributed by atoms with Gasteiger partial charge in [0.1, 0.15) is 0 Å². The Balaban J connectivity index is 1.05. The van der Waals surface area contributed by atoms with Crippen LogP contribution in [0.1, 0.15) is 29.0 Å². The molecule has 0 saturated carbocycles. The van der Waals surface area contributed by atoms with Gasteiger partial charge in [0.2, 0.25) is 0 Å². The summed E-state index contributed by atoms with van der Waals surface area (Å²) in [7, 11) is 0. The maximum absolute atomic E-state index is 5.41. The van der Waals surface area contributed by atoms with Crippen LogP contribution in [0.5, 0.6) is 0 Å². The number of fused-ring (bicyclic) bond motifs is 10. The second-order valence-corrected chi connectivity index (χ2v) is 16.5. The molecule has 11 aromatic rings. The fourth-order valence-electron chi connectivity index (χ4n) is 10.1. The van der Waals surface area contributed by atoms with Gasteiger partial charge in [0, 0.05) is 17.0 Å². The second-order valence-electron chi connectivity index (χ2n) is 16.5. The zero-order valence-corrected chi connectivity index (χ0v) is 33.7. The van der Waals surface area contributed by atoms with Gasteiger partial charge in [0.05, 0.1) is 11.4 Å². The van der Waals surface area contributed by atoms with Gasteiger partial charge in [-0.1, -0.05) is 194 Å². The van der Waals surface area contributed by atoms with Crippen molar-refractivity contribution in [3.63, 3.8) is 0 Å². The number of benzene rings is 10. The summed E-state index contributed by atoms with van der Waals surface area (Å²) in [5.74, 6) is 0.308. The van der Waals surface area contributed by atoms with E-state index in [0.717, 1.165) is 40.9 Å². The molecule has 0 saturated heterocycles. The van der Waals surface area contributed by atoms with Crippen molar-refractivity contribution >= 4 is 43.1 Å². The lowest BCUT2D eigenvalue weighted by molar-refractivity contribution is 0.727. The summed E-state index contributed by atoms with van der Waals surface area (Å²) >= 11 is 0. The van der Waals surface area contributed by atoms with E-state index in [1.807, 2.05) is 0 Å². The highest BCUT2D eigenvalue weighted by molar-refractivity contribution is 6.28. The Morgan fingerprint density at radius 2 is 0.984 bits per heavy atom. The average molecular weight is 776 g/mol. The predicted molar refractivity (Wildman–Crippen MR) is 258 cm³/mol. The van der Waals surface area contributed by atoms with E-state index in [0.29, 0.717) is 5.92 Å². The molecule has 10 aromatic carbocycles. The van der Waals surface area contributed by atoms with Gasteiger partial charge in [-0.05, 0) is 130 Å². The molecular formula is C60H41N. The summed E-state index contributed by atoms with van der Waals surface area (Å²) in [5, 5.41) is 10.1. The summed E-state index contributed by atoms with van der Waals surface area (Å²) in [5.41, 5.74) is 15.9. The highest BCUT2D eigenvalue weighted by Gasteiger charge is 2.25. The Hall–Kier alpha value is -7.61. The third kappa shape index (κ3) is 6.12. The van der Waals surface area contributed by atoms with E-state index in [4.69, 9.17) is 4.98 Å². The van der Waals surface area contributed by atoms with Crippen LogP contribution in [0.25, 0.3) is 99.0 Å². The number of nitrogens with zero attached hydrogens (tertiary/aromatic N) is 1. The summed E-state index contributed by atoms with van der Waals surface area (Å²) in [6.07, 6.45) is 2.13. The number of aryl methyl sites for hydroxylation is 1. The van der Waals surface area contributed by atoms with Crippen molar-refractivity contribution in [1.82, 2.24) is 4.98 Å². The monoisotopic (exact) mass is 775 g/mol. The number of aromatic nitrogens is 1. The van der Waals surface area contributed by atoms with Gasteiger partial charge in [-0.15, -0.1) is 0 Å². The van der Waals surface area contributed by atoms with E-state index < -0.39 is 0 Å². The second kappa shape index (κ2) is 14.6. The van der Waals surface area contributed by atoms with Crippen LogP contribution >= 0.6 is 0 Å². The molecule has 1 nitrogen and oxygen atoms in total. The summed E-state index contributed by atoms with van der Waals surface area (Å²) < 4.78 is 0. The van der Waals surface area contributed by atoms with Gasteiger partial charge in [-0.25, -0.2) is 4.98 Å². The Labute approximate surface area is 356 Å². The lowest BCUT2D eigenvalue weighted by Crippen LogP contribution is -2.02. The molecule has 0 fully saturated rings. The third-order valence-corrected chi connectivity index (χ3v) is 13.1. The molecule has 1 aromatic heterocycles. The smallest absolute Gasteiger partial charge is 0.0722 e. The molecule has 0 radical (unpaired) electrons. The quantitative estimate of drug-likeness (QED) is 0.159. The first-order chi connectivity index (χ1) is 30.2. The molecule has 1 unspecified atom stereocenters. The molecule has 1 aliphatic carbocycles. The van der Waals surface area contributed by atoms with Crippen LogP contribution in [-0.4, -0.2) is 4.98 Å². The molecule has 0 bridgehead atoms. The summed E-state index contributed by atoms with van der Waals surface area (Å²) in [6.45, 7) is 0. The summed E-state index contributed by atoms with van der Waals surface area (Å²) in [4.78, 5) is 5.41. The average Bonchev–Trinajstić information content (AvgIpc) is 3.50. The molecule has 1 heteroatoms. The van der Waals surface area contributed by atoms with E-state index in [1.165, 1.54) is 87.6 Å². The van der Waals surface area contributed by atoms with Crippen molar-refractivity contribution < 1.29 is 0 Å². The zero-order valence-electron chi connectivity index (χ0n) is 33.7. The SMILES string of the molecule is c1ccc(-c2cc(-c3ccccc3)nc(-c3cccc4c5ccccc5c5cc(-c6ccc7c(c6)-c6ccccc6CCC7c6ccc7ccccc7c6)ccc5c34)c2)cc1. The van der Waals surface area contributed by atoms with Crippen LogP contribution in [0.2, 0.25) is 0 Å². The van der Waals surface area contributed by atoms with Gasteiger partial charge in [-0.3, -0.25) is 0 Å². The van der Waals surface area contributed by atoms with Gasteiger partial charge in [-0.2, -0.15) is 0 Å². The molecule has 1 aliphatic rings. The molecule has 1 atom stereocenters. The molecule has 0 amide bonds. The normalized spacial score (nSPS) is 13.6. The topological polar surface area (TPSA) is 12.9 Å². The number of rotatable bonds is 5. The molecule has 1 heterocycles. The number of hydrogen-bond donors (Lipinski definition) is 0. The molecule has 286 valence electrons. The van der Waals surface area contributed by atoms with Crippen LogP contribution < -0.4 is 0 Å². The Morgan fingerprint density at radius 3 is 1.84 bits per heavy atom. The molecule has 61 heavy (non-hydrogen) atoms. The first-order valence-corrected chi connectivity index (χ1v) is 21.5. The zero-order chi connectivity index (χ0) is 40.3. The van der Waals surface area contributed by atoms with Crippen LogP contribution in [0.3, 0.4) is 0 Å². The van der Waals surface area contributed by atoms with E-state index in [2.05, 4.69) is 218 Å². The maximum Gasteiger partial charge on any atom is 0.0722 e. The highest BCUT2D eigenvalue weighted by atomic mass is 14.7. The minimum Gasteiger partial charge on any atom is -0.248 e. The van der Waals surface area contributed by atoms with E-state index in [1.54, 1.807) is 0 Å². The Kier molecular flexibility index (Phi) is 8.45. The fraction of sp³-hybridized carbons (Fsp3) is 0.0500. The Bertz CT molecular complexity index is 3420. The lowest BCUT2D eigenvalue weighted by Gasteiger charge is -2.20. The fourth-order valence-corrected chi connectivity index (χ4v) is 10.1. The molecule has 0 aliphatic heterocycles. The summed E-state index contributed by atoms with van der Waals surface area (Å²) in [6, 6.07) is 80.6. The van der Waals surface area contributed by atoms with E-state index in [9.17, 15) is 0 Å². The predicted octanol–water partition coefficient (Wildman–Crippen LogP) is 16.1. The van der Waals surface area contributed by atoms with Crippen molar-refractivity contribution in [2.75, 3.05) is 0 Å². The van der Waals surface area contributed by atoms with Crippen molar-refractivity contribution in [2.45, 2.75) is 18.8 Å². The number of pyridine rings is 1. The van der Waals surface area contributed by atoms with Crippen molar-refractivity contribution in [3.05, 3.63) is 235 Å². The molecule has 0 N–H and O–H groups in total. The first kappa shape index (κ1) is 35.3. The largest absolute Gasteiger partial charge is 0.248 e. The minimum absolute atomic E-state index is 0.308. The van der Waals surface area contributed by atoms with Crippen molar-refractivity contribution in [2.24, 2.45) is 0 Å². The van der Waals surface area contributed by atoms with Crippen LogP contribution in [0, 0.1) is 0 Å². The van der Waals surface area contributed by atoms with Crippen LogP contribution in [-0.2, 0) is 6.42 Å². The first-order valence-electron chi connectivity index (χ1n) is 21.5. The van der Waals surface area contributed by atoms with Crippen molar-refractivity contribution in [1.29, 1.82) is 0 Å². The van der Waals surface area contributed by atoms with Gasteiger partial charge >= 0.3 is 0 Å². The van der Waals surface area contributed by atoms with Crippen LogP contribution in [0.15, 0.2) is 218 Å². The standard InChI is InChI=1S/C60H41N/c1-3-14-39(15-4-1)47-37-58(42-18-5-2-6-19-42)61-59(38-47)55-25-13-24-53-50-22-11-12-23-51(50)57-36-45(30-33-54(57)60(53)55)44-29-32-52-49(46-27-26-40-16-7-8-20-43(40)34-46)31-28-41-17-9-10-21-48(41)56(52)35-44/h1-27,29-30,32-38,49H,28,31H2. The highest BCUT2D eigenvalue weighted by Crippen LogP contribution is 2.46. The molecule has 0 spiro atoms. The third-order valence-electron chi connectivity index (χ3n) is 13.1. The van der Waals surface area contributed by atoms with E-state index in [-0.39, 0.29) is 0 Å². The Morgan fingerprint density at radius 1 is 0.344 bits per heavy atom. The number of hydrogen-bond acceptors (Lipinski definition) is 1. The molecular weight excluding hydrogens is 735 g/mol. The minimum atomic E-state index is 0.308. The van der Waals surface area contributed by atoms with Gasteiger partial charge in [0.25, 0.3) is 0 Å². The molecule has 12 rings (SSSR count). The van der Waals surface area contributed by atoms with Gasteiger partial charge < -0.3 is 0 Å². The lowest BCUT2D eigenvalue weighted by atomic mass is 9.83. The van der Waals surface area contributed by atoms with Gasteiger partial charge in [0.15, 0.2) is 0 Å². The van der Waals surface area contributed by atoms with E-state index >= 15 is 0 Å².